The molecule has 1 atom stereocenters. The molecule has 0 radical (unpaired) electrons. The van der Waals surface area contributed by atoms with E-state index < -0.39 is 0 Å². The van der Waals surface area contributed by atoms with Gasteiger partial charge in [-0.1, -0.05) is 22.0 Å². The number of halogens is 1. The second-order valence-corrected chi connectivity index (χ2v) is 5.68. The van der Waals surface area contributed by atoms with E-state index >= 15 is 0 Å². The molecule has 4 heteroatoms. The van der Waals surface area contributed by atoms with Crippen LogP contribution in [-0.2, 0) is 6.54 Å². The van der Waals surface area contributed by atoms with Gasteiger partial charge in [0.15, 0.2) is 0 Å². The van der Waals surface area contributed by atoms with Crippen LogP contribution in [0.5, 0.6) is 5.75 Å². The van der Waals surface area contributed by atoms with Crippen LogP contribution >= 0.6 is 15.9 Å². The molecular formula is C15H16BrNO2. The fourth-order valence-corrected chi connectivity index (χ4v) is 2.79. The summed E-state index contributed by atoms with van der Waals surface area (Å²) in [6, 6.07) is 10.0. The van der Waals surface area contributed by atoms with Crippen LogP contribution in [-0.4, -0.2) is 6.54 Å². The minimum absolute atomic E-state index is 0.0525. The second-order valence-electron chi connectivity index (χ2n) is 4.76. The molecule has 1 aromatic heterocycles. The zero-order chi connectivity index (χ0) is 13.2. The Hall–Kier alpha value is -1.26. The zero-order valence-electron chi connectivity index (χ0n) is 10.8. The van der Waals surface area contributed by atoms with Crippen molar-refractivity contribution in [3.63, 3.8) is 0 Å². The van der Waals surface area contributed by atoms with E-state index in [0.29, 0.717) is 0 Å². The van der Waals surface area contributed by atoms with Crippen LogP contribution in [0.15, 0.2) is 39.2 Å². The molecule has 3 nitrogen and oxygen atoms in total. The average Bonchev–Trinajstić information content (AvgIpc) is 2.65. The van der Waals surface area contributed by atoms with Crippen LogP contribution in [0, 0.1) is 6.92 Å². The lowest BCUT2D eigenvalue weighted by Crippen LogP contribution is -2.14. The van der Waals surface area contributed by atoms with Crippen LogP contribution in [0.25, 0.3) is 0 Å². The summed E-state index contributed by atoms with van der Waals surface area (Å²) >= 11 is 3.47. The van der Waals surface area contributed by atoms with E-state index in [1.165, 1.54) is 5.56 Å². The number of hydrogen-bond donors (Lipinski definition) is 1. The lowest BCUT2D eigenvalue weighted by molar-refractivity contribution is 0.197. The highest BCUT2D eigenvalue weighted by Gasteiger charge is 2.23. The molecule has 2 aromatic rings. The second kappa shape index (κ2) is 5.39. The predicted molar refractivity (Wildman–Crippen MR) is 77.3 cm³/mol. The van der Waals surface area contributed by atoms with Crippen molar-refractivity contribution in [2.75, 3.05) is 6.54 Å². The first kappa shape index (κ1) is 12.8. The number of ether oxygens (including phenoxy) is 1. The van der Waals surface area contributed by atoms with Crippen LogP contribution in [0.3, 0.4) is 0 Å². The lowest BCUT2D eigenvalue weighted by atomic mass is 10.1. The molecule has 0 aliphatic carbocycles. The van der Waals surface area contributed by atoms with Crippen molar-refractivity contribution in [3.8, 4) is 5.75 Å². The summed E-state index contributed by atoms with van der Waals surface area (Å²) in [5.41, 5.74) is 1.17. The highest BCUT2D eigenvalue weighted by Crippen LogP contribution is 2.31. The summed E-state index contributed by atoms with van der Waals surface area (Å²) < 4.78 is 12.9. The van der Waals surface area contributed by atoms with E-state index in [1.807, 2.05) is 31.2 Å². The van der Waals surface area contributed by atoms with Gasteiger partial charge in [0.1, 0.15) is 23.4 Å². The Bertz CT molecular complexity index is 579. The Morgan fingerprint density at radius 3 is 3.11 bits per heavy atom. The van der Waals surface area contributed by atoms with Crippen molar-refractivity contribution < 1.29 is 9.15 Å². The molecule has 19 heavy (non-hydrogen) atoms. The summed E-state index contributed by atoms with van der Waals surface area (Å²) in [4.78, 5) is 0. The molecule has 3 rings (SSSR count). The standard InChI is InChI=1S/C15H16BrNO2/c1-10-7-13-14(5-6-17-9-15(13)18-10)19-12-4-2-3-11(16)8-12/h2-4,7-8,14,17H,5-6,9H2,1H3. The number of aryl methyl sites for hydroxylation is 1. The number of fused-ring (bicyclic) bond motifs is 1. The molecule has 1 aromatic carbocycles. The molecule has 0 amide bonds. The van der Waals surface area contributed by atoms with Gasteiger partial charge in [-0.3, -0.25) is 0 Å². The lowest BCUT2D eigenvalue weighted by Gasteiger charge is -2.17. The van der Waals surface area contributed by atoms with Gasteiger partial charge < -0.3 is 14.5 Å². The van der Waals surface area contributed by atoms with Gasteiger partial charge in [0.2, 0.25) is 0 Å². The third-order valence-electron chi connectivity index (χ3n) is 3.26. The van der Waals surface area contributed by atoms with Crippen molar-refractivity contribution >= 4 is 15.9 Å². The summed E-state index contributed by atoms with van der Waals surface area (Å²) in [6.07, 6.45) is 0.995. The molecular weight excluding hydrogens is 306 g/mol. The molecule has 0 bridgehead atoms. The van der Waals surface area contributed by atoms with E-state index in [-0.39, 0.29) is 6.10 Å². The van der Waals surface area contributed by atoms with Crippen LogP contribution in [0.1, 0.15) is 29.6 Å². The SMILES string of the molecule is Cc1cc2c(o1)CNCCC2Oc1cccc(Br)c1. The molecule has 1 N–H and O–H groups in total. The van der Waals surface area contributed by atoms with Gasteiger partial charge in [-0.25, -0.2) is 0 Å². The Morgan fingerprint density at radius 1 is 1.37 bits per heavy atom. The highest BCUT2D eigenvalue weighted by atomic mass is 79.9. The van der Waals surface area contributed by atoms with Crippen LogP contribution in [0.2, 0.25) is 0 Å². The maximum atomic E-state index is 6.13. The fourth-order valence-electron chi connectivity index (χ4n) is 2.41. The van der Waals surface area contributed by atoms with Crippen LogP contribution in [0.4, 0.5) is 0 Å². The molecule has 0 spiro atoms. The Labute approximate surface area is 121 Å². The summed E-state index contributed by atoms with van der Waals surface area (Å²) in [5, 5.41) is 3.36. The van der Waals surface area contributed by atoms with Gasteiger partial charge in [-0.2, -0.15) is 0 Å². The van der Waals surface area contributed by atoms with Crippen molar-refractivity contribution in [1.82, 2.24) is 5.32 Å². The first-order valence-electron chi connectivity index (χ1n) is 6.44. The number of furan rings is 1. The zero-order valence-corrected chi connectivity index (χ0v) is 12.4. The molecule has 1 aliphatic heterocycles. The van der Waals surface area contributed by atoms with Crippen molar-refractivity contribution in [2.24, 2.45) is 0 Å². The van der Waals surface area contributed by atoms with Crippen molar-refractivity contribution in [1.29, 1.82) is 0 Å². The maximum absolute atomic E-state index is 6.13. The van der Waals surface area contributed by atoms with E-state index in [9.17, 15) is 0 Å². The topological polar surface area (TPSA) is 34.4 Å². The van der Waals surface area contributed by atoms with Gasteiger partial charge in [0, 0.05) is 16.5 Å². The minimum Gasteiger partial charge on any atom is -0.486 e. The maximum Gasteiger partial charge on any atom is 0.128 e. The van der Waals surface area contributed by atoms with E-state index in [1.54, 1.807) is 0 Å². The van der Waals surface area contributed by atoms with Gasteiger partial charge >= 0.3 is 0 Å². The van der Waals surface area contributed by atoms with Gasteiger partial charge in [-0.05, 0) is 37.7 Å². The largest absolute Gasteiger partial charge is 0.486 e. The number of benzene rings is 1. The predicted octanol–water partition coefficient (Wildman–Crippen LogP) is 3.96. The first-order chi connectivity index (χ1) is 9.22. The number of nitrogens with one attached hydrogen (secondary N) is 1. The van der Waals surface area contributed by atoms with Crippen molar-refractivity contribution in [2.45, 2.75) is 26.0 Å². The molecule has 2 heterocycles. The number of hydrogen-bond acceptors (Lipinski definition) is 3. The van der Waals surface area contributed by atoms with E-state index in [0.717, 1.165) is 41.3 Å². The quantitative estimate of drug-likeness (QED) is 0.909. The van der Waals surface area contributed by atoms with Gasteiger partial charge in [0.25, 0.3) is 0 Å². The van der Waals surface area contributed by atoms with Crippen molar-refractivity contribution in [3.05, 3.63) is 51.9 Å². The molecule has 0 fully saturated rings. The number of rotatable bonds is 2. The highest BCUT2D eigenvalue weighted by molar-refractivity contribution is 9.10. The summed E-state index contributed by atoms with van der Waals surface area (Å²) in [5.74, 6) is 2.82. The fraction of sp³-hybridized carbons (Fsp3) is 0.333. The smallest absolute Gasteiger partial charge is 0.128 e. The first-order valence-corrected chi connectivity index (χ1v) is 7.24. The van der Waals surface area contributed by atoms with E-state index in [4.69, 9.17) is 9.15 Å². The van der Waals surface area contributed by atoms with E-state index in [2.05, 4.69) is 27.3 Å². The molecule has 0 saturated heterocycles. The van der Waals surface area contributed by atoms with Gasteiger partial charge in [0.05, 0.1) is 6.54 Å². The van der Waals surface area contributed by atoms with Gasteiger partial charge in [-0.15, -0.1) is 0 Å². The normalized spacial score (nSPS) is 18.7. The molecule has 1 aliphatic rings. The van der Waals surface area contributed by atoms with Crippen LogP contribution < -0.4 is 10.1 Å². The Balaban J connectivity index is 1.87. The third kappa shape index (κ3) is 2.85. The minimum atomic E-state index is 0.0525. The molecule has 0 saturated carbocycles. The average molecular weight is 322 g/mol. The third-order valence-corrected chi connectivity index (χ3v) is 3.75. The Kier molecular flexibility index (Phi) is 3.62. The molecule has 100 valence electrons. The monoisotopic (exact) mass is 321 g/mol. The summed E-state index contributed by atoms with van der Waals surface area (Å²) in [6.45, 7) is 3.69. The summed E-state index contributed by atoms with van der Waals surface area (Å²) in [7, 11) is 0. The molecule has 1 unspecified atom stereocenters. The Morgan fingerprint density at radius 2 is 2.26 bits per heavy atom.